The second kappa shape index (κ2) is 5.83. The van der Waals surface area contributed by atoms with E-state index in [1.807, 2.05) is 11.4 Å². The first kappa shape index (κ1) is 14.2. The molecular formula is C11H12BrNO2S3. The maximum absolute atomic E-state index is 12.0. The summed E-state index contributed by atoms with van der Waals surface area (Å²) in [6.45, 7) is 2.43. The third-order valence-corrected chi connectivity index (χ3v) is 6.93. The number of halogens is 1. The molecule has 0 amide bonds. The summed E-state index contributed by atoms with van der Waals surface area (Å²) in [6, 6.07) is 5.38. The minimum Gasteiger partial charge on any atom is -0.206 e. The van der Waals surface area contributed by atoms with E-state index in [0.717, 1.165) is 15.1 Å². The molecule has 0 fully saturated rings. The van der Waals surface area contributed by atoms with Gasteiger partial charge in [-0.3, -0.25) is 0 Å². The first-order valence-electron chi connectivity index (χ1n) is 5.33. The average Bonchev–Trinajstić information content (AvgIpc) is 2.94. The van der Waals surface area contributed by atoms with Gasteiger partial charge in [0.25, 0.3) is 0 Å². The molecule has 0 aliphatic carbocycles. The second-order valence-electron chi connectivity index (χ2n) is 3.61. The van der Waals surface area contributed by atoms with Gasteiger partial charge in [-0.15, -0.1) is 22.7 Å². The van der Waals surface area contributed by atoms with Crippen LogP contribution in [0.15, 0.2) is 31.6 Å². The van der Waals surface area contributed by atoms with E-state index in [1.54, 1.807) is 23.5 Å². The Morgan fingerprint density at radius 1 is 1.33 bits per heavy atom. The van der Waals surface area contributed by atoms with Crippen LogP contribution in [0, 0.1) is 0 Å². The maximum Gasteiger partial charge on any atom is 0.250 e. The van der Waals surface area contributed by atoms with Crippen LogP contribution in [0.2, 0.25) is 0 Å². The van der Waals surface area contributed by atoms with Crippen molar-refractivity contribution in [2.24, 2.45) is 0 Å². The highest BCUT2D eigenvalue weighted by molar-refractivity contribution is 9.11. The van der Waals surface area contributed by atoms with Crippen molar-refractivity contribution in [3.05, 3.63) is 37.8 Å². The molecule has 0 aliphatic rings. The molecular weight excluding hydrogens is 354 g/mol. The molecule has 18 heavy (non-hydrogen) atoms. The fourth-order valence-corrected chi connectivity index (χ4v) is 5.57. The van der Waals surface area contributed by atoms with E-state index < -0.39 is 10.0 Å². The molecule has 0 saturated carbocycles. The van der Waals surface area contributed by atoms with Crippen molar-refractivity contribution in [1.29, 1.82) is 0 Å². The standard InChI is InChI=1S/C11H12BrNO2S3/c1-2-8-5-6-16-9(8)7-13-18(14,15)11-4-3-10(12)17-11/h3-6,13H,2,7H2,1H3. The van der Waals surface area contributed by atoms with Crippen LogP contribution < -0.4 is 4.72 Å². The van der Waals surface area contributed by atoms with Gasteiger partial charge in [0.2, 0.25) is 10.0 Å². The molecule has 0 atom stereocenters. The van der Waals surface area contributed by atoms with Crippen LogP contribution in [0.3, 0.4) is 0 Å². The third kappa shape index (κ3) is 3.21. The molecule has 1 N–H and O–H groups in total. The van der Waals surface area contributed by atoms with Gasteiger partial charge >= 0.3 is 0 Å². The molecule has 2 rings (SSSR count). The van der Waals surface area contributed by atoms with Crippen molar-refractivity contribution in [1.82, 2.24) is 4.72 Å². The normalized spacial score (nSPS) is 11.9. The first-order valence-corrected chi connectivity index (χ1v) is 9.30. The largest absolute Gasteiger partial charge is 0.250 e. The van der Waals surface area contributed by atoms with E-state index >= 15 is 0 Å². The molecule has 7 heteroatoms. The van der Waals surface area contributed by atoms with E-state index in [1.165, 1.54) is 16.9 Å². The summed E-state index contributed by atoms with van der Waals surface area (Å²) in [4.78, 5) is 1.08. The van der Waals surface area contributed by atoms with E-state index in [4.69, 9.17) is 0 Å². The van der Waals surface area contributed by atoms with Crippen molar-refractivity contribution >= 4 is 48.6 Å². The Balaban J connectivity index is 2.10. The number of hydrogen-bond acceptors (Lipinski definition) is 4. The molecule has 2 heterocycles. The van der Waals surface area contributed by atoms with Gasteiger partial charge in [0.1, 0.15) is 4.21 Å². The lowest BCUT2D eigenvalue weighted by Gasteiger charge is -2.04. The summed E-state index contributed by atoms with van der Waals surface area (Å²) >= 11 is 6.06. The monoisotopic (exact) mass is 365 g/mol. The van der Waals surface area contributed by atoms with Crippen LogP contribution in [0.1, 0.15) is 17.4 Å². The molecule has 0 unspecified atom stereocenters. The summed E-state index contributed by atoms with van der Waals surface area (Å²) in [7, 11) is -3.40. The van der Waals surface area contributed by atoms with Crippen molar-refractivity contribution in [3.63, 3.8) is 0 Å². The van der Waals surface area contributed by atoms with Crippen molar-refractivity contribution in [3.8, 4) is 0 Å². The molecule has 3 nitrogen and oxygen atoms in total. The van der Waals surface area contributed by atoms with Gasteiger partial charge in [-0.1, -0.05) is 6.92 Å². The highest BCUT2D eigenvalue weighted by Gasteiger charge is 2.16. The maximum atomic E-state index is 12.0. The summed E-state index contributed by atoms with van der Waals surface area (Å²) < 4.78 is 27.8. The number of sulfonamides is 1. The second-order valence-corrected chi connectivity index (χ2v) is 9.06. The topological polar surface area (TPSA) is 46.2 Å². The minimum atomic E-state index is -3.40. The molecule has 0 spiro atoms. The fraction of sp³-hybridized carbons (Fsp3) is 0.273. The van der Waals surface area contributed by atoms with Gasteiger partial charge in [-0.05, 0) is 51.5 Å². The Morgan fingerprint density at radius 2 is 2.11 bits per heavy atom. The summed E-state index contributed by atoms with van der Waals surface area (Å²) in [5, 5.41) is 1.99. The third-order valence-electron chi connectivity index (χ3n) is 2.45. The van der Waals surface area contributed by atoms with Crippen molar-refractivity contribution < 1.29 is 8.42 Å². The zero-order valence-electron chi connectivity index (χ0n) is 9.64. The van der Waals surface area contributed by atoms with Gasteiger partial charge < -0.3 is 0 Å². The Morgan fingerprint density at radius 3 is 2.72 bits per heavy atom. The number of rotatable bonds is 5. The van der Waals surface area contributed by atoms with E-state index in [2.05, 4.69) is 27.6 Å². The van der Waals surface area contributed by atoms with E-state index in [9.17, 15) is 8.42 Å². The minimum absolute atomic E-state index is 0.337. The van der Waals surface area contributed by atoms with Gasteiger partial charge in [-0.25, -0.2) is 13.1 Å². The lowest BCUT2D eigenvalue weighted by molar-refractivity contribution is 0.584. The molecule has 2 aromatic heterocycles. The molecule has 0 radical (unpaired) electrons. The van der Waals surface area contributed by atoms with Crippen LogP contribution in [0.25, 0.3) is 0 Å². The molecule has 98 valence electrons. The van der Waals surface area contributed by atoms with Crippen LogP contribution in [-0.2, 0) is 23.0 Å². The molecule has 0 aliphatic heterocycles. The van der Waals surface area contributed by atoms with Gasteiger partial charge in [-0.2, -0.15) is 0 Å². The number of nitrogens with one attached hydrogen (secondary N) is 1. The number of aryl methyl sites for hydroxylation is 1. The highest BCUT2D eigenvalue weighted by atomic mass is 79.9. The van der Waals surface area contributed by atoms with Crippen LogP contribution in [0.4, 0.5) is 0 Å². The zero-order chi connectivity index (χ0) is 13.2. The quantitative estimate of drug-likeness (QED) is 0.879. The predicted octanol–water partition coefficient (Wildman–Crippen LogP) is 3.61. The smallest absolute Gasteiger partial charge is 0.206 e. The Hall–Kier alpha value is -0.210. The first-order chi connectivity index (χ1) is 8.53. The Kier molecular flexibility index (Phi) is 4.60. The SMILES string of the molecule is CCc1ccsc1CNS(=O)(=O)c1ccc(Br)s1. The molecule has 2 aromatic rings. The molecule has 0 aromatic carbocycles. The predicted molar refractivity (Wildman–Crippen MR) is 79.7 cm³/mol. The van der Waals surface area contributed by atoms with Crippen molar-refractivity contribution in [2.45, 2.75) is 24.1 Å². The fourth-order valence-electron chi connectivity index (χ4n) is 1.51. The van der Waals surface area contributed by atoms with Crippen LogP contribution in [-0.4, -0.2) is 8.42 Å². The lowest BCUT2D eigenvalue weighted by Crippen LogP contribution is -2.22. The molecule has 0 saturated heterocycles. The van der Waals surface area contributed by atoms with Gasteiger partial charge in [0.05, 0.1) is 3.79 Å². The van der Waals surface area contributed by atoms with Crippen LogP contribution in [0.5, 0.6) is 0 Å². The summed E-state index contributed by atoms with van der Waals surface area (Å²) in [5.74, 6) is 0. The van der Waals surface area contributed by atoms with Crippen LogP contribution >= 0.6 is 38.6 Å². The lowest BCUT2D eigenvalue weighted by atomic mass is 10.2. The van der Waals surface area contributed by atoms with E-state index in [-0.39, 0.29) is 0 Å². The summed E-state index contributed by atoms with van der Waals surface area (Å²) in [6.07, 6.45) is 0.922. The number of thiophene rings is 2. The Bertz CT molecular complexity index is 630. The van der Waals surface area contributed by atoms with Crippen molar-refractivity contribution in [2.75, 3.05) is 0 Å². The zero-order valence-corrected chi connectivity index (χ0v) is 13.7. The van der Waals surface area contributed by atoms with Gasteiger partial charge in [0, 0.05) is 11.4 Å². The van der Waals surface area contributed by atoms with Gasteiger partial charge in [0.15, 0.2) is 0 Å². The van der Waals surface area contributed by atoms with E-state index in [0.29, 0.717) is 10.8 Å². The summed E-state index contributed by atoms with van der Waals surface area (Å²) in [5.41, 5.74) is 1.20. The highest BCUT2D eigenvalue weighted by Crippen LogP contribution is 2.26. The Labute approximate surface area is 123 Å². The number of hydrogen-bond donors (Lipinski definition) is 1. The molecule has 0 bridgehead atoms. The average molecular weight is 366 g/mol.